The number of halogens is 1. The Bertz CT molecular complexity index is 860. The van der Waals surface area contributed by atoms with Gasteiger partial charge in [0.05, 0.1) is 4.90 Å². The predicted molar refractivity (Wildman–Crippen MR) is 105 cm³/mol. The van der Waals surface area contributed by atoms with Crippen LogP contribution in [0, 0.1) is 19.7 Å². The molecule has 142 valence electrons. The molecular weight excluding hydrogens is 353 g/mol. The molecule has 0 spiro atoms. The van der Waals surface area contributed by atoms with E-state index < -0.39 is 10.0 Å². The second-order valence-corrected chi connectivity index (χ2v) is 8.53. The summed E-state index contributed by atoms with van der Waals surface area (Å²) >= 11 is 0. The molecule has 2 rings (SSSR count). The van der Waals surface area contributed by atoms with Crippen molar-refractivity contribution in [1.82, 2.24) is 4.72 Å². The van der Waals surface area contributed by atoms with E-state index in [4.69, 9.17) is 0 Å². The van der Waals surface area contributed by atoms with Gasteiger partial charge in [-0.2, -0.15) is 0 Å². The fraction of sp³-hybridized carbons (Fsp3) is 0.368. The maximum Gasteiger partial charge on any atom is 0.240 e. The summed E-state index contributed by atoms with van der Waals surface area (Å²) in [6, 6.07) is 8.55. The van der Waals surface area contributed by atoms with Gasteiger partial charge in [0.15, 0.2) is 0 Å². The van der Waals surface area contributed by atoms with Crippen LogP contribution in [0.1, 0.15) is 16.7 Å². The topological polar surface area (TPSA) is 52.7 Å². The number of hydrogen-bond donors (Lipinski definition) is 1. The minimum absolute atomic E-state index is 0.0719. The fourth-order valence-corrected chi connectivity index (χ4v) is 4.06. The van der Waals surface area contributed by atoms with Crippen LogP contribution in [0.3, 0.4) is 0 Å². The lowest BCUT2D eigenvalue weighted by atomic mass is 10.1. The first-order valence-corrected chi connectivity index (χ1v) is 9.76. The highest BCUT2D eigenvalue weighted by Crippen LogP contribution is 2.29. The minimum Gasteiger partial charge on any atom is -0.377 e. The van der Waals surface area contributed by atoms with Gasteiger partial charge in [0, 0.05) is 51.7 Å². The van der Waals surface area contributed by atoms with E-state index in [1.807, 2.05) is 56.2 Å². The highest BCUT2D eigenvalue weighted by molar-refractivity contribution is 7.89. The Labute approximate surface area is 155 Å². The summed E-state index contributed by atoms with van der Waals surface area (Å²) in [4.78, 5) is 3.97. The van der Waals surface area contributed by atoms with Crippen LogP contribution in [0.15, 0.2) is 35.2 Å². The molecule has 2 aromatic rings. The van der Waals surface area contributed by atoms with Crippen LogP contribution in [0.5, 0.6) is 0 Å². The highest BCUT2D eigenvalue weighted by Gasteiger charge is 2.19. The normalized spacial score (nSPS) is 11.5. The molecule has 0 amide bonds. The minimum atomic E-state index is -3.76. The Balaban J connectivity index is 2.39. The zero-order valence-corrected chi connectivity index (χ0v) is 16.9. The van der Waals surface area contributed by atoms with Crippen molar-refractivity contribution in [3.05, 3.63) is 52.8 Å². The van der Waals surface area contributed by atoms with E-state index in [1.165, 1.54) is 12.1 Å². The maximum atomic E-state index is 13.8. The molecule has 0 atom stereocenters. The average molecular weight is 380 g/mol. The first-order chi connectivity index (χ1) is 12.0. The monoisotopic (exact) mass is 379 g/mol. The van der Waals surface area contributed by atoms with Gasteiger partial charge in [-0.15, -0.1) is 0 Å². The van der Waals surface area contributed by atoms with Crippen LogP contribution < -0.4 is 14.5 Å². The number of nitrogens with one attached hydrogen (secondary N) is 1. The van der Waals surface area contributed by atoms with Gasteiger partial charge in [-0.3, -0.25) is 0 Å². The van der Waals surface area contributed by atoms with Crippen molar-refractivity contribution in [3.8, 4) is 0 Å². The summed E-state index contributed by atoms with van der Waals surface area (Å²) in [7, 11) is 3.91. The second-order valence-electron chi connectivity index (χ2n) is 6.76. The molecule has 0 aliphatic carbocycles. The highest BCUT2D eigenvalue weighted by atomic mass is 32.2. The molecular formula is C19H26FN3O2S. The van der Waals surface area contributed by atoms with Crippen LogP contribution in [-0.2, 0) is 16.6 Å². The van der Waals surface area contributed by atoms with Crippen LogP contribution >= 0.6 is 0 Å². The van der Waals surface area contributed by atoms with E-state index >= 15 is 0 Å². The third-order valence-corrected chi connectivity index (χ3v) is 5.63. The number of sulfonamides is 1. The molecule has 0 unspecified atom stereocenters. The van der Waals surface area contributed by atoms with Crippen molar-refractivity contribution < 1.29 is 12.8 Å². The van der Waals surface area contributed by atoms with E-state index in [0.29, 0.717) is 11.1 Å². The molecule has 26 heavy (non-hydrogen) atoms. The average Bonchev–Trinajstić information content (AvgIpc) is 2.56. The summed E-state index contributed by atoms with van der Waals surface area (Å²) in [6.07, 6.45) is 0. The third-order valence-electron chi connectivity index (χ3n) is 4.25. The summed E-state index contributed by atoms with van der Waals surface area (Å²) in [5.74, 6) is -0.378. The molecule has 0 saturated heterocycles. The summed E-state index contributed by atoms with van der Waals surface area (Å²) in [5.41, 5.74) is 3.37. The van der Waals surface area contributed by atoms with Crippen molar-refractivity contribution in [1.29, 1.82) is 0 Å². The van der Waals surface area contributed by atoms with Crippen molar-refractivity contribution >= 4 is 21.4 Å². The SMILES string of the molecule is Cc1cc(S(=O)(=O)NCc2c(N(C)C)cccc2N(C)C)cc(C)c1F. The number of hydrogen-bond acceptors (Lipinski definition) is 4. The van der Waals surface area contributed by atoms with Crippen molar-refractivity contribution in [2.75, 3.05) is 38.0 Å². The lowest BCUT2D eigenvalue weighted by molar-refractivity contribution is 0.578. The Kier molecular flexibility index (Phi) is 5.93. The van der Waals surface area contributed by atoms with Crippen LogP contribution in [0.25, 0.3) is 0 Å². The van der Waals surface area contributed by atoms with Gasteiger partial charge < -0.3 is 9.80 Å². The van der Waals surface area contributed by atoms with Crippen molar-refractivity contribution in [2.24, 2.45) is 0 Å². The first-order valence-electron chi connectivity index (χ1n) is 8.27. The second kappa shape index (κ2) is 7.63. The smallest absolute Gasteiger partial charge is 0.240 e. The van der Waals surface area contributed by atoms with Gasteiger partial charge in [0.1, 0.15) is 5.82 Å². The number of anilines is 2. The van der Waals surface area contributed by atoms with E-state index in [2.05, 4.69) is 4.72 Å². The van der Waals surface area contributed by atoms with Crippen LogP contribution in [0.2, 0.25) is 0 Å². The number of nitrogens with zero attached hydrogens (tertiary/aromatic N) is 2. The van der Waals surface area contributed by atoms with E-state index in [1.54, 1.807) is 13.8 Å². The Morgan fingerprint density at radius 1 is 0.962 bits per heavy atom. The van der Waals surface area contributed by atoms with Crippen molar-refractivity contribution in [2.45, 2.75) is 25.3 Å². The summed E-state index contributed by atoms with van der Waals surface area (Å²) in [6.45, 7) is 3.26. The van der Waals surface area contributed by atoms with Crippen LogP contribution in [-0.4, -0.2) is 36.6 Å². The summed E-state index contributed by atoms with van der Waals surface area (Å²) in [5, 5.41) is 0. The number of aryl methyl sites for hydroxylation is 2. The van der Waals surface area contributed by atoms with E-state index in [-0.39, 0.29) is 17.3 Å². The summed E-state index contributed by atoms with van der Waals surface area (Å²) < 4.78 is 41.9. The first kappa shape index (κ1) is 20.2. The molecule has 0 aliphatic rings. The van der Waals surface area contributed by atoms with Gasteiger partial charge in [-0.1, -0.05) is 6.07 Å². The molecule has 0 fully saturated rings. The number of rotatable bonds is 6. The molecule has 0 saturated carbocycles. The Hall–Kier alpha value is -2.12. The molecule has 1 N–H and O–H groups in total. The molecule has 0 aromatic heterocycles. The van der Waals surface area contributed by atoms with Gasteiger partial charge in [-0.05, 0) is 49.2 Å². The third kappa shape index (κ3) is 4.16. The molecule has 2 aromatic carbocycles. The molecule has 0 bridgehead atoms. The largest absolute Gasteiger partial charge is 0.377 e. The van der Waals surface area contributed by atoms with E-state index in [9.17, 15) is 12.8 Å². The standard InChI is InChI=1S/C19H26FN3O2S/c1-13-10-15(11-14(2)19(13)20)26(24,25)21-12-16-17(22(3)4)8-7-9-18(16)23(5)6/h7-11,21H,12H2,1-6H3. The van der Waals surface area contributed by atoms with E-state index in [0.717, 1.165) is 16.9 Å². The van der Waals surface area contributed by atoms with Crippen molar-refractivity contribution in [3.63, 3.8) is 0 Å². The number of benzene rings is 2. The zero-order valence-electron chi connectivity index (χ0n) is 16.1. The fourth-order valence-electron chi connectivity index (χ4n) is 2.89. The van der Waals surface area contributed by atoms with Gasteiger partial charge in [0.2, 0.25) is 10.0 Å². The van der Waals surface area contributed by atoms with Gasteiger partial charge >= 0.3 is 0 Å². The molecule has 5 nitrogen and oxygen atoms in total. The Morgan fingerprint density at radius 3 is 1.85 bits per heavy atom. The van der Waals surface area contributed by atoms with Gasteiger partial charge in [-0.25, -0.2) is 17.5 Å². The maximum absolute atomic E-state index is 13.8. The lowest BCUT2D eigenvalue weighted by Crippen LogP contribution is -2.26. The lowest BCUT2D eigenvalue weighted by Gasteiger charge is -2.24. The van der Waals surface area contributed by atoms with Gasteiger partial charge in [0.25, 0.3) is 0 Å². The predicted octanol–water partition coefficient (Wildman–Crippen LogP) is 3.05. The molecule has 0 aliphatic heterocycles. The molecule has 0 heterocycles. The molecule has 0 radical (unpaired) electrons. The zero-order chi connectivity index (χ0) is 19.6. The Morgan fingerprint density at radius 2 is 1.42 bits per heavy atom. The molecule has 7 heteroatoms. The quantitative estimate of drug-likeness (QED) is 0.838. The van der Waals surface area contributed by atoms with Crippen LogP contribution in [0.4, 0.5) is 15.8 Å².